The number of carbonyl (C=O) groups excluding carboxylic acids is 2. The Balaban J connectivity index is 1.82. The lowest BCUT2D eigenvalue weighted by atomic mass is 10.1. The molecule has 2 heterocycles. The minimum absolute atomic E-state index is 0.0623. The van der Waals surface area contributed by atoms with Crippen LogP contribution in [0.15, 0.2) is 12.4 Å². The number of ether oxygens (including phenoxy) is 1. The van der Waals surface area contributed by atoms with E-state index in [1.54, 1.807) is 36.2 Å². The van der Waals surface area contributed by atoms with Crippen LogP contribution in [0.3, 0.4) is 0 Å². The summed E-state index contributed by atoms with van der Waals surface area (Å²) < 4.78 is 5.02. The van der Waals surface area contributed by atoms with E-state index in [1.807, 2.05) is 0 Å². The first-order valence-corrected chi connectivity index (χ1v) is 9.30. The first kappa shape index (κ1) is 19.9. The molecule has 2 amide bonds. The number of piperidine rings is 1. The molecule has 0 spiro atoms. The third kappa shape index (κ3) is 5.57. The van der Waals surface area contributed by atoms with Crippen LogP contribution in [0.25, 0.3) is 0 Å². The number of unbranched alkanes of at least 4 members (excludes halogenated alkanes) is 1. The smallest absolute Gasteiger partial charge is 0.409 e. The predicted octanol–water partition coefficient (Wildman–Crippen LogP) is 2.38. The lowest BCUT2D eigenvalue weighted by Crippen LogP contribution is -2.42. The molecule has 0 aliphatic carbocycles. The van der Waals surface area contributed by atoms with Crippen LogP contribution in [0.1, 0.15) is 49.9 Å². The van der Waals surface area contributed by atoms with Gasteiger partial charge in [-0.2, -0.15) is 0 Å². The van der Waals surface area contributed by atoms with Crippen molar-refractivity contribution < 1.29 is 14.3 Å². The number of hydrogen-bond acceptors (Lipinski definition) is 6. The Morgan fingerprint density at radius 3 is 2.50 bits per heavy atom. The SMILES string of the molecule is CCCCN(C)C(=O)c1cnc(NC2CCN(C(=O)OCC)CC2)nc1. The van der Waals surface area contributed by atoms with Gasteiger partial charge in [-0.15, -0.1) is 0 Å². The Morgan fingerprint density at radius 1 is 1.27 bits per heavy atom. The highest BCUT2D eigenvalue weighted by atomic mass is 16.6. The lowest BCUT2D eigenvalue weighted by Gasteiger charge is -2.31. The van der Waals surface area contributed by atoms with E-state index in [-0.39, 0.29) is 18.0 Å². The second kappa shape index (κ2) is 9.94. The van der Waals surface area contributed by atoms with Crippen LogP contribution in [0.2, 0.25) is 0 Å². The van der Waals surface area contributed by atoms with Crippen LogP contribution in [0.5, 0.6) is 0 Å². The van der Waals surface area contributed by atoms with Gasteiger partial charge in [0.05, 0.1) is 12.2 Å². The van der Waals surface area contributed by atoms with Crippen molar-refractivity contribution in [2.24, 2.45) is 0 Å². The van der Waals surface area contributed by atoms with Gasteiger partial charge in [-0.25, -0.2) is 14.8 Å². The van der Waals surface area contributed by atoms with Crippen LogP contribution >= 0.6 is 0 Å². The Hall–Kier alpha value is -2.38. The van der Waals surface area contributed by atoms with Crippen molar-refractivity contribution in [3.8, 4) is 0 Å². The van der Waals surface area contributed by atoms with Crippen LogP contribution in [-0.2, 0) is 4.74 Å². The van der Waals surface area contributed by atoms with Crippen LogP contribution in [-0.4, -0.2) is 71.1 Å². The van der Waals surface area contributed by atoms with Crippen molar-refractivity contribution >= 4 is 17.9 Å². The molecule has 1 fully saturated rings. The molecule has 1 N–H and O–H groups in total. The van der Waals surface area contributed by atoms with Crippen molar-refractivity contribution in [2.45, 2.75) is 45.6 Å². The van der Waals surface area contributed by atoms with E-state index < -0.39 is 0 Å². The van der Waals surface area contributed by atoms with Gasteiger partial charge < -0.3 is 19.9 Å². The lowest BCUT2D eigenvalue weighted by molar-refractivity contribution is 0.0792. The number of aromatic nitrogens is 2. The van der Waals surface area contributed by atoms with Crippen LogP contribution in [0.4, 0.5) is 10.7 Å². The van der Waals surface area contributed by atoms with E-state index in [2.05, 4.69) is 22.2 Å². The van der Waals surface area contributed by atoms with Gasteiger partial charge in [0.25, 0.3) is 5.91 Å². The molecule has 2 rings (SSSR count). The molecule has 26 heavy (non-hydrogen) atoms. The molecule has 1 aliphatic heterocycles. The highest BCUT2D eigenvalue weighted by molar-refractivity contribution is 5.93. The number of hydrogen-bond donors (Lipinski definition) is 1. The molecule has 0 aromatic carbocycles. The number of rotatable bonds is 7. The second-order valence-electron chi connectivity index (χ2n) is 6.48. The minimum atomic E-state index is -0.253. The average molecular weight is 363 g/mol. The summed E-state index contributed by atoms with van der Waals surface area (Å²) in [5.74, 6) is 0.445. The Kier molecular flexibility index (Phi) is 7.62. The Morgan fingerprint density at radius 2 is 1.92 bits per heavy atom. The zero-order chi connectivity index (χ0) is 18.9. The molecule has 1 saturated heterocycles. The topological polar surface area (TPSA) is 87.7 Å². The molecule has 0 bridgehead atoms. The quantitative estimate of drug-likeness (QED) is 0.800. The van der Waals surface area contributed by atoms with E-state index in [0.717, 1.165) is 32.2 Å². The van der Waals surface area contributed by atoms with Gasteiger partial charge in [0.1, 0.15) is 0 Å². The summed E-state index contributed by atoms with van der Waals surface area (Å²) in [7, 11) is 1.79. The van der Waals surface area contributed by atoms with E-state index in [1.165, 1.54) is 0 Å². The summed E-state index contributed by atoms with van der Waals surface area (Å²) in [6.07, 6.45) is 6.52. The molecule has 0 saturated carbocycles. The average Bonchev–Trinajstić information content (AvgIpc) is 2.67. The largest absolute Gasteiger partial charge is 0.450 e. The van der Waals surface area contributed by atoms with Crippen molar-refractivity contribution in [3.05, 3.63) is 18.0 Å². The molecule has 1 aromatic heterocycles. The normalized spacial score (nSPS) is 14.8. The third-order valence-corrected chi connectivity index (χ3v) is 4.45. The molecule has 0 atom stereocenters. The minimum Gasteiger partial charge on any atom is -0.450 e. The number of nitrogens with zero attached hydrogens (tertiary/aromatic N) is 4. The van der Waals surface area contributed by atoms with Gasteiger partial charge in [0, 0.05) is 45.1 Å². The van der Waals surface area contributed by atoms with Crippen molar-refractivity contribution in [1.29, 1.82) is 0 Å². The fourth-order valence-electron chi connectivity index (χ4n) is 2.83. The van der Waals surface area contributed by atoms with E-state index in [0.29, 0.717) is 31.2 Å². The maximum atomic E-state index is 12.3. The number of amides is 2. The highest BCUT2D eigenvalue weighted by Crippen LogP contribution is 2.15. The maximum Gasteiger partial charge on any atom is 0.409 e. The molecule has 0 unspecified atom stereocenters. The van der Waals surface area contributed by atoms with Gasteiger partial charge in [-0.1, -0.05) is 13.3 Å². The monoisotopic (exact) mass is 363 g/mol. The molecule has 8 nitrogen and oxygen atoms in total. The molecule has 1 aromatic rings. The zero-order valence-corrected chi connectivity index (χ0v) is 15.9. The van der Waals surface area contributed by atoms with Gasteiger partial charge >= 0.3 is 6.09 Å². The Labute approximate surface area is 154 Å². The summed E-state index contributed by atoms with van der Waals surface area (Å²) in [5.41, 5.74) is 0.492. The van der Waals surface area contributed by atoms with E-state index in [9.17, 15) is 9.59 Å². The molecular weight excluding hydrogens is 334 g/mol. The van der Waals surface area contributed by atoms with E-state index >= 15 is 0 Å². The number of likely N-dealkylation sites (tertiary alicyclic amines) is 1. The second-order valence-corrected chi connectivity index (χ2v) is 6.48. The van der Waals surface area contributed by atoms with Gasteiger partial charge in [-0.05, 0) is 26.2 Å². The standard InChI is InChI=1S/C18H29N5O3/c1-4-6-9-22(3)16(24)14-12-19-17(20-13-14)21-15-7-10-23(11-8-15)18(25)26-5-2/h12-13,15H,4-11H2,1-3H3,(H,19,20,21). The maximum absolute atomic E-state index is 12.3. The van der Waals surface area contributed by atoms with Crippen molar-refractivity contribution in [2.75, 3.05) is 38.6 Å². The highest BCUT2D eigenvalue weighted by Gasteiger charge is 2.24. The van der Waals surface area contributed by atoms with Crippen LogP contribution in [0, 0.1) is 0 Å². The number of anilines is 1. The third-order valence-electron chi connectivity index (χ3n) is 4.45. The summed E-state index contributed by atoms with van der Waals surface area (Å²) in [4.78, 5) is 35.9. The molecule has 1 aliphatic rings. The number of nitrogens with one attached hydrogen (secondary N) is 1. The summed E-state index contributed by atoms with van der Waals surface area (Å²) in [6, 6.07) is 0.203. The van der Waals surface area contributed by atoms with E-state index in [4.69, 9.17) is 4.74 Å². The fourth-order valence-corrected chi connectivity index (χ4v) is 2.83. The zero-order valence-electron chi connectivity index (χ0n) is 15.9. The van der Waals surface area contributed by atoms with Gasteiger partial charge in [-0.3, -0.25) is 4.79 Å². The predicted molar refractivity (Wildman–Crippen MR) is 99.1 cm³/mol. The van der Waals surface area contributed by atoms with Crippen LogP contribution < -0.4 is 5.32 Å². The fraction of sp³-hybridized carbons (Fsp3) is 0.667. The Bertz CT molecular complexity index is 585. The molecule has 8 heteroatoms. The first-order valence-electron chi connectivity index (χ1n) is 9.30. The van der Waals surface area contributed by atoms with Gasteiger partial charge in [0.2, 0.25) is 5.95 Å². The molecule has 0 radical (unpaired) electrons. The number of carbonyl (C=O) groups is 2. The molecule has 144 valence electrons. The van der Waals surface area contributed by atoms with Crippen molar-refractivity contribution in [3.63, 3.8) is 0 Å². The van der Waals surface area contributed by atoms with Crippen molar-refractivity contribution in [1.82, 2.24) is 19.8 Å². The summed E-state index contributed by atoms with van der Waals surface area (Å²) in [6.45, 7) is 6.32. The van der Waals surface area contributed by atoms with Gasteiger partial charge in [0.15, 0.2) is 0 Å². The summed E-state index contributed by atoms with van der Waals surface area (Å²) in [5, 5.41) is 3.28. The summed E-state index contributed by atoms with van der Waals surface area (Å²) >= 11 is 0. The molecular formula is C18H29N5O3. The first-order chi connectivity index (χ1) is 12.5.